The minimum atomic E-state index is -4.77. The van der Waals surface area contributed by atoms with Gasteiger partial charge < -0.3 is 9.47 Å². The maximum atomic E-state index is 12.7. The zero-order valence-electron chi connectivity index (χ0n) is 12.5. The molecule has 0 radical (unpaired) electrons. The Bertz CT molecular complexity index is 829. The van der Waals surface area contributed by atoms with E-state index >= 15 is 0 Å². The largest absolute Gasteiger partial charge is 0.465 e. The number of halogens is 3. The molecule has 6 nitrogen and oxygen atoms in total. The van der Waals surface area contributed by atoms with Gasteiger partial charge in [-0.3, -0.25) is 0 Å². The number of alkyl halides is 3. The van der Waals surface area contributed by atoms with Gasteiger partial charge in [-0.05, 0) is 36.8 Å². The summed E-state index contributed by atoms with van der Waals surface area (Å²) in [6.45, 7) is 1.63. The lowest BCUT2D eigenvalue weighted by molar-refractivity contribution is -0.141. The highest BCUT2D eigenvalue weighted by Crippen LogP contribution is 2.32. The van der Waals surface area contributed by atoms with Gasteiger partial charge in [0.15, 0.2) is 5.69 Å². The summed E-state index contributed by atoms with van der Waals surface area (Å²) in [6, 6.07) is 6.86. The van der Waals surface area contributed by atoms with Crippen LogP contribution in [0.4, 0.5) is 13.2 Å². The Kier molecular flexibility index (Phi) is 4.69. The first-order chi connectivity index (χ1) is 11.3. The lowest BCUT2D eigenvalue weighted by Crippen LogP contribution is -2.14. The summed E-state index contributed by atoms with van der Waals surface area (Å²) >= 11 is 0. The highest BCUT2D eigenvalue weighted by Gasteiger charge is 2.35. The number of carbonyl (C=O) groups excluding carboxylic acids is 1. The van der Waals surface area contributed by atoms with E-state index < -0.39 is 29.3 Å². The number of ether oxygens (including phenoxy) is 2. The summed E-state index contributed by atoms with van der Waals surface area (Å²) < 4.78 is 48.0. The molecule has 0 fully saturated rings. The van der Waals surface area contributed by atoms with Gasteiger partial charge in [0.1, 0.15) is 11.3 Å². The van der Waals surface area contributed by atoms with Gasteiger partial charge in [0.2, 0.25) is 0 Å². The molecule has 0 amide bonds. The molecule has 0 aliphatic heterocycles. The Morgan fingerprint density at radius 1 is 1.25 bits per heavy atom. The fourth-order valence-corrected chi connectivity index (χ4v) is 1.79. The molecule has 0 aliphatic rings. The molecule has 0 N–H and O–H groups in total. The van der Waals surface area contributed by atoms with Crippen molar-refractivity contribution in [1.29, 1.82) is 5.26 Å². The number of hydrogen-bond acceptors (Lipinski definition) is 6. The van der Waals surface area contributed by atoms with Crippen LogP contribution in [-0.4, -0.2) is 23.3 Å². The number of nitriles is 1. The monoisotopic (exact) mass is 337 g/mol. The first-order valence-corrected chi connectivity index (χ1v) is 6.48. The number of methoxy groups -OCH3 is 1. The van der Waals surface area contributed by atoms with Crippen LogP contribution in [0.5, 0.6) is 11.6 Å². The Hall–Kier alpha value is -3.15. The molecule has 124 valence electrons. The first kappa shape index (κ1) is 17.2. The van der Waals surface area contributed by atoms with E-state index in [1.54, 1.807) is 6.92 Å². The van der Waals surface area contributed by atoms with E-state index in [0.29, 0.717) is 17.2 Å². The average Bonchev–Trinajstić information content (AvgIpc) is 2.55. The minimum absolute atomic E-state index is 0.216. The second-order valence-corrected chi connectivity index (χ2v) is 4.63. The number of aryl methyl sites for hydroxylation is 1. The van der Waals surface area contributed by atoms with Crippen molar-refractivity contribution in [3.05, 3.63) is 46.6 Å². The molecule has 0 saturated heterocycles. The van der Waals surface area contributed by atoms with Gasteiger partial charge in [-0.15, -0.1) is 10.2 Å². The summed E-state index contributed by atoms with van der Waals surface area (Å²) in [4.78, 5) is 11.7. The molecule has 0 spiro atoms. The minimum Gasteiger partial charge on any atom is -0.465 e. The number of esters is 1. The van der Waals surface area contributed by atoms with Crippen LogP contribution in [0, 0.1) is 18.3 Å². The number of nitrogens with zero attached hydrogens (tertiary/aromatic N) is 3. The summed E-state index contributed by atoms with van der Waals surface area (Å²) in [5.41, 5.74) is -0.937. The fraction of sp³-hybridized carbons (Fsp3) is 0.200. The van der Waals surface area contributed by atoms with Crippen LogP contribution in [0.25, 0.3) is 0 Å². The average molecular weight is 337 g/mol. The zero-order chi connectivity index (χ0) is 17.9. The highest BCUT2D eigenvalue weighted by atomic mass is 19.4. The maximum absolute atomic E-state index is 12.7. The predicted molar refractivity (Wildman–Crippen MR) is 74.3 cm³/mol. The van der Waals surface area contributed by atoms with Gasteiger partial charge in [-0.1, -0.05) is 0 Å². The molecule has 1 aromatic heterocycles. The van der Waals surface area contributed by atoms with Gasteiger partial charge in [0, 0.05) is 0 Å². The van der Waals surface area contributed by atoms with Crippen molar-refractivity contribution in [2.45, 2.75) is 13.1 Å². The van der Waals surface area contributed by atoms with Crippen LogP contribution >= 0.6 is 0 Å². The van der Waals surface area contributed by atoms with Gasteiger partial charge in [0.05, 0.1) is 18.7 Å². The summed E-state index contributed by atoms with van der Waals surface area (Å²) in [5.74, 6) is -1.26. The molecule has 24 heavy (non-hydrogen) atoms. The first-order valence-electron chi connectivity index (χ1n) is 6.48. The van der Waals surface area contributed by atoms with Gasteiger partial charge in [-0.2, -0.15) is 18.4 Å². The summed E-state index contributed by atoms with van der Waals surface area (Å²) in [5, 5.41) is 15.2. The number of hydrogen-bond donors (Lipinski definition) is 0. The Balaban J connectivity index is 2.46. The van der Waals surface area contributed by atoms with Crippen LogP contribution < -0.4 is 4.74 Å². The van der Waals surface area contributed by atoms with E-state index in [1.165, 1.54) is 18.2 Å². The van der Waals surface area contributed by atoms with Crippen molar-refractivity contribution in [1.82, 2.24) is 10.2 Å². The molecule has 2 rings (SSSR count). The number of rotatable bonds is 3. The van der Waals surface area contributed by atoms with Crippen LogP contribution in [0.3, 0.4) is 0 Å². The maximum Gasteiger partial charge on any atom is 0.435 e. The standard InChI is InChI=1S/C15H10F3N3O3/c1-8-5-9(7-19)3-4-11(8)24-13-10(14(22)23-2)6-12(20-21-13)15(16,17)18/h3-6H,1-2H3. The van der Waals surface area contributed by atoms with E-state index in [9.17, 15) is 18.0 Å². The van der Waals surface area contributed by atoms with E-state index in [4.69, 9.17) is 10.00 Å². The van der Waals surface area contributed by atoms with E-state index in [0.717, 1.165) is 7.11 Å². The molecule has 1 aromatic carbocycles. The third kappa shape index (κ3) is 3.60. The SMILES string of the molecule is COC(=O)c1cc(C(F)(F)F)nnc1Oc1ccc(C#N)cc1C. The Labute approximate surface area is 134 Å². The smallest absolute Gasteiger partial charge is 0.435 e. The summed E-state index contributed by atoms with van der Waals surface area (Å²) in [7, 11) is 1.02. The van der Waals surface area contributed by atoms with Gasteiger partial charge in [0.25, 0.3) is 5.88 Å². The lowest BCUT2D eigenvalue weighted by Gasteiger charge is -2.12. The number of benzene rings is 1. The van der Waals surface area contributed by atoms with Crippen molar-refractivity contribution >= 4 is 5.97 Å². The van der Waals surface area contributed by atoms with Crippen LogP contribution in [-0.2, 0) is 10.9 Å². The zero-order valence-corrected chi connectivity index (χ0v) is 12.5. The Morgan fingerprint density at radius 2 is 1.96 bits per heavy atom. The van der Waals surface area contributed by atoms with Gasteiger partial charge in [-0.25, -0.2) is 4.79 Å². The highest BCUT2D eigenvalue weighted by molar-refractivity contribution is 5.91. The molecule has 0 atom stereocenters. The van der Waals surface area contributed by atoms with Crippen molar-refractivity contribution in [2.24, 2.45) is 0 Å². The lowest BCUT2D eigenvalue weighted by atomic mass is 10.1. The third-order valence-corrected chi connectivity index (χ3v) is 2.97. The third-order valence-electron chi connectivity index (χ3n) is 2.97. The van der Waals surface area contributed by atoms with Crippen molar-refractivity contribution in [3.8, 4) is 17.7 Å². The second-order valence-electron chi connectivity index (χ2n) is 4.63. The van der Waals surface area contributed by atoms with Crippen LogP contribution in [0.1, 0.15) is 27.2 Å². The topological polar surface area (TPSA) is 85.1 Å². The molecule has 0 bridgehead atoms. The fourth-order valence-electron chi connectivity index (χ4n) is 1.79. The molecule has 1 heterocycles. The molecule has 0 aliphatic carbocycles. The van der Waals surface area contributed by atoms with Gasteiger partial charge >= 0.3 is 12.1 Å². The molecule has 9 heteroatoms. The van der Waals surface area contributed by atoms with Crippen LogP contribution in [0.15, 0.2) is 24.3 Å². The van der Waals surface area contributed by atoms with E-state index in [-0.39, 0.29) is 5.75 Å². The quantitative estimate of drug-likeness (QED) is 0.799. The molecular formula is C15H10F3N3O3. The van der Waals surface area contributed by atoms with E-state index in [2.05, 4.69) is 14.9 Å². The van der Waals surface area contributed by atoms with Crippen molar-refractivity contribution < 1.29 is 27.4 Å². The molecule has 0 unspecified atom stereocenters. The normalized spacial score (nSPS) is 10.8. The van der Waals surface area contributed by atoms with Crippen molar-refractivity contribution in [2.75, 3.05) is 7.11 Å². The van der Waals surface area contributed by atoms with Crippen LogP contribution in [0.2, 0.25) is 0 Å². The number of aromatic nitrogens is 2. The molecular weight excluding hydrogens is 327 g/mol. The number of carbonyl (C=O) groups is 1. The molecule has 2 aromatic rings. The Morgan fingerprint density at radius 3 is 2.50 bits per heavy atom. The predicted octanol–water partition coefficient (Wildman–Crippen LogP) is 3.25. The van der Waals surface area contributed by atoms with E-state index in [1.807, 2.05) is 6.07 Å². The molecule has 0 saturated carbocycles. The van der Waals surface area contributed by atoms with Crippen molar-refractivity contribution in [3.63, 3.8) is 0 Å². The summed E-state index contributed by atoms with van der Waals surface area (Å²) in [6.07, 6.45) is -4.77. The second kappa shape index (κ2) is 6.54.